The van der Waals surface area contributed by atoms with E-state index >= 15 is 0 Å². The molecule has 1 aromatic carbocycles. The Balaban J connectivity index is 1.91. The largest absolute Gasteiger partial charge is 0.345 e. The van der Waals surface area contributed by atoms with E-state index in [1.165, 1.54) is 4.90 Å². The maximum atomic E-state index is 13.8. The van der Waals surface area contributed by atoms with Crippen molar-refractivity contribution in [1.29, 1.82) is 0 Å². The number of aromatic nitrogens is 1. The smallest absolute Gasteiger partial charge is 0.251 e. The molecule has 0 fully saturated rings. The van der Waals surface area contributed by atoms with E-state index in [9.17, 15) is 14.4 Å². The zero-order valence-electron chi connectivity index (χ0n) is 20.8. The number of carbonyl (C=O) groups is 3. The van der Waals surface area contributed by atoms with E-state index in [1.54, 1.807) is 26.2 Å². The molecule has 34 heavy (non-hydrogen) atoms. The molecular formula is C26H35N5O3. The van der Waals surface area contributed by atoms with Crippen molar-refractivity contribution in [3.05, 3.63) is 59.8 Å². The Morgan fingerprint density at radius 3 is 2.35 bits per heavy atom. The molecule has 0 unspecified atom stereocenters. The topological polar surface area (TPSA) is 103 Å². The van der Waals surface area contributed by atoms with E-state index in [2.05, 4.69) is 20.9 Å². The van der Waals surface area contributed by atoms with Gasteiger partial charge in [0.05, 0.1) is 11.6 Å². The van der Waals surface area contributed by atoms with Crippen LogP contribution in [0.25, 0.3) is 0 Å². The summed E-state index contributed by atoms with van der Waals surface area (Å²) >= 11 is 0. The van der Waals surface area contributed by atoms with Crippen molar-refractivity contribution in [1.82, 2.24) is 20.9 Å². The number of nitrogens with one attached hydrogen (secondary N) is 3. The summed E-state index contributed by atoms with van der Waals surface area (Å²) < 4.78 is 0. The molecule has 3 N–H and O–H groups in total. The average molecular weight is 466 g/mol. The highest BCUT2D eigenvalue weighted by Crippen LogP contribution is 2.32. The van der Waals surface area contributed by atoms with E-state index in [4.69, 9.17) is 0 Å². The molecule has 0 radical (unpaired) electrons. The summed E-state index contributed by atoms with van der Waals surface area (Å²) in [5.41, 5.74) is 1.15. The minimum absolute atomic E-state index is 0.183. The molecule has 2 heterocycles. The Morgan fingerprint density at radius 2 is 1.74 bits per heavy atom. The number of likely N-dealkylation sites (N-methyl/N-ethyl adjacent to an activating group) is 1. The zero-order valence-corrected chi connectivity index (χ0v) is 20.8. The van der Waals surface area contributed by atoms with Crippen molar-refractivity contribution < 1.29 is 14.4 Å². The summed E-state index contributed by atoms with van der Waals surface area (Å²) in [6.45, 7) is 9.34. The van der Waals surface area contributed by atoms with Gasteiger partial charge >= 0.3 is 0 Å². The van der Waals surface area contributed by atoms with Crippen molar-refractivity contribution in [2.75, 3.05) is 11.9 Å². The quantitative estimate of drug-likeness (QED) is 0.554. The molecule has 0 saturated heterocycles. The molecule has 0 aliphatic carbocycles. The minimum Gasteiger partial charge on any atom is -0.345 e. The number of carbonyl (C=O) groups excluding carboxylic acids is 3. The van der Waals surface area contributed by atoms with Crippen molar-refractivity contribution in [3.8, 4) is 0 Å². The van der Waals surface area contributed by atoms with Gasteiger partial charge in [0.15, 0.2) is 0 Å². The summed E-state index contributed by atoms with van der Waals surface area (Å²) in [7, 11) is 1.69. The van der Waals surface area contributed by atoms with Crippen LogP contribution >= 0.6 is 0 Å². The van der Waals surface area contributed by atoms with Crippen molar-refractivity contribution in [3.63, 3.8) is 0 Å². The van der Waals surface area contributed by atoms with Crippen molar-refractivity contribution in [2.45, 2.75) is 64.7 Å². The molecule has 2 aromatic rings. The van der Waals surface area contributed by atoms with Crippen LogP contribution in [-0.4, -0.2) is 47.9 Å². The van der Waals surface area contributed by atoms with Gasteiger partial charge in [-0.3, -0.25) is 19.3 Å². The van der Waals surface area contributed by atoms with E-state index in [0.717, 1.165) is 11.1 Å². The van der Waals surface area contributed by atoms with Gasteiger partial charge in [-0.05, 0) is 50.9 Å². The van der Waals surface area contributed by atoms with Gasteiger partial charge < -0.3 is 16.0 Å². The SMILES string of the molecule is CN[C@@H](C)C(=O)N[C@H](C(=O)N1c2ncccc2C[C@H]1C(=O)NC(C)(C)c1ccccc1)C(C)C. The fourth-order valence-corrected chi connectivity index (χ4v) is 4.11. The van der Waals surface area contributed by atoms with E-state index < -0.39 is 23.7 Å². The van der Waals surface area contributed by atoms with Crippen LogP contribution in [0.2, 0.25) is 0 Å². The lowest BCUT2D eigenvalue weighted by atomic mass is 9.93. The maximum absolute atomic E-state index is 13.8. The van der Waals surface area contributed by atoms with Gasteiger partial charge in [-0.25, -0.2) is 4.98 Å². The number of nitrogens with zero attached hydrogens (tertiary/aromatic N) is 2. The Kier molecular flexibility index (Phi) is 7.71. The zero-order chi connectivity index (χ0) is 25.0. The number of rotatable bonds is 8. The number of anilines is 1. The van der Waals surface area contributed by atoms with E-state index in [1.807, 2.05) is 64.1 Å². The fourth-order valence-electron chi connectivity index (χ4n) is 4.11. The Morgan fingerprint density at radius 1 is 1.06 bits per heavy atom. The molecule has 3 atom stereocenters. The summed E-state index contributed by atoms with van der Waals surface area (Å²) in [6, 6.07) is 11.4. The predicted molar refractivity (Wildman–Crippen MR) is 132 cm³/mol. The van der Waals surface area contributed by atoms with Crippen LogP contribution in [0.15, 0.2) is 48.7 Å². The first-order valence-electron chi connectivity index (χ1n) is 11.7. The van der Waals surface area contributed by atoms with Crippen LogP contribution in [0.1, 0.15) is 45.7 Å². The molecule has 0 saturated carbocycles. The Labute approximate surface area is 201 Å². The van der Waals surface area contributed by atoms with Gasteiger partial charge in [0.2, 0.25) is 11.8 Å². The summed E-state index contributed by atoms with van der Waals surface area (Å²) in [5, 5.41) is 8.86. The number of pyridine rings is 1. The van der Waals surface area contributed by atoms with Crippen LogP contribution in [-0.2, 0) is 26.3 Å². The summed E-state index contributed by atoms with van der Waals surface area (Å²) in [4.78, 5) is 45.8. The number of benzene rings is 1. The van der Waals surface area contributed by atoms with Gasteiger partial charge in [-0.2, -0.15) is 0 Å². The average Bonchev–Trinajstić information content (AvgIpc) is 3.21. The van der Waals surface area contributed by atoms with Gasteiger partial charge in [0.25, 0.3) is 5.91 Å². The fraction of sp³-hybridized carbons (Fsp3) is 0.462. The summed E-state index contributed by atoms with van der Waals surface area (Å²) in [5.74, 6) is -0.606. The molecule has 3 rings (SSSR count). The molecular weight excluding hydrogens is 430 g/mol. The summed E-state index contributed by atoms with van der Waals surface area (Å²) in [6.07, 6.45) is 1.97. The van der Waals surface area contributed by atoms with Crippen LogP contribution in [0, 0.1) is 5.92 Å². The molecule has 182 valence electrons. The highest BCUT2D eigenvalue weighted by atomic mass is 16.2. The first-order chi connectivity index (χ1) is 16.1. The Bertz CT molecular complexity index is 1040. The molecule has 0 spiro atoms. The van der Waals surface area contributed by atoms with Crippen molar-refractivity contribution in [2.24, 2.45) is 5.92 Å². The second kappa shape index (κ2) is 10.3. The van der Waals surface area contributed by atoms with Gasteiger partial charge in [-0.15, -0.1) is 0 Å². The number of fused-ring (bicyclic) bond motifs is 1. The lowest BCUT2D eigenvalue weighted by molar-refractivity contribution is -0.131. The van der Waals surface area contributed by atoms with Gasteiger partial charge in [-0.1, -0.05) is 50.2 Å². The van der Waals surface area contributed by atoms with E-state index in [0.29, 0.717) is 12.2 Å². The van der Waals surface area contributed by atoms with Crippen molar-refractivity contribution >= 4 is 23.5 Å². The highest BCUT2D eigenvalue weighted by Gasteiger charge is 2.44. The van der Waals surface area contributed by atoms with Crippen LogP contribution < -0.4 is 20.9 Å². The standard InChI is InChI=1S/C26H35N5O3/c1-16(2)21(29-23(32)17(3)27-6)25(34)31-20(15-18-11-10-14-28-22(18)31)24(33)30-26(4,5)19-12-8-7-9-13-19/h7-14,16-17,20-21,27H,15H2,1-6H3,(H,29,32)(H,30,33)/t17-,20-,21-/m0/s1. The first-order valence-corrected chi connectivity index (χ1v) is 11.7. The third-order valence-electron chi connectivity index (χ3n) is 6.35. The molecule has 1 aliphatic rings. The van der Waals surface area contributed by atoms with E-state index in [-0.39, 0.29) is 23.6 Å². The predicted octanol–water partition coefficient (Wildman–Crippen LogP) is 2.14. The van der Waals surface area contributed by atoms with Crippen LogP contribution in [0.4, 0.5) is 5.82 Å². The molecule has 1 aromatic heterocycles. The lowest BCUT2D eigenvalue weighted by Gasteiger charge is -2.33. The molecule has 3 amide bonds. The maximum Gasteiger partial charge on any atom is 0.251 e. The number of hydrogen-bond donors (Lipinski definition) is 3. The number of hydrogen-bond acceptors (Lipinski definition) is 5. The molecule has 0 bridgehead atoms. The number of amides is 3. The third kappa shape index (κ3) is 5.28. The second-order valence-electron chi connectivity index (χ2n) is 9.64. The molecule has 1 aliphatic heterocycles. The van der Waals surface area contributed by atoms with Gasteiger partial charge in [0, 0.05) is 12.6 Å². The van der Waals surface area contributed by atoms with Crippen LogP contribution in [0.5, 0.6) is 0 Å². The van der Waals surface area contributed by atoms with Crippen LogP contribution in [0.3, 0.4) is 0 Å². The monoisotopic (exact) mass is 465 g/mol. The van der Waals surface area contributed by atoms with Gasteiger partial charge in [0.1, 0.15) is 17.9 Å². The third-order valence-corrected chi connectivity index (χ3v) is 6.35. The Hall–Kier alpha value is -3.26. The normalized spacial score (nSPS) is 17.1. The highest BCUT2D eigenvalue weighted by molar-refractivity contribution is 6.06. The molecule has 8 nitrogen and oxygen atoms in total. The molecule has 8 heteroatoms. The second-order valence-corrected chi connectivity index (χ2v) is 9.64. The lowest BCUT2D eigenvalue weighted by Crippen LogP contribution is -2.59. The first kappa shape index (κ1) is 25.4. The minimum atomic E-state index is -0.798.